The zero-order chi connectivity index (χ0) is 12.3. The Morgan fingerprint density at radius 2 is 2.24 bits per heavy atom. The lowest BCUT2D eigenvalue weighted by Gasteiger charge is -2.11. The van der Waals surface area contributed by atoms with Crippen LogP contribution in [-0.4, -0.2) is 48.9 Å². The van der Waals surface area contributed by atoms with Crippen molar-refractivity contribution in [2.45, 2.75) is 25.0 Å². The molecule has 7 nitrogen and oxygen atoms in total. The van der Waals surface area contributed by atoms with E-state index in [2.05, 4.69) is 30.7 Å². The molecule has 2 aromatic heterocycles. The number of rotatable bonds is 5. The minimum atomic E-state index is -0.0933. The molecular formula is C9H14N6OS. The van der Waals surface area contributed by atoms with E-state index in [0.717, 1.165) is 5.75 Å². The largest absolute Gasteiger partial charge is 0.394 e. The maximum Gasteiger partial charge on any atom is 0.207 e. The Hall–Kier alpha value is -1.41. The Morgan fingerprint density at radius 3 is 2.94 bits per heavy atom. The molecule has 0 aliphatic rings. The van der Waals surface area contributed by atoms with Crippen LogP contribution in [0, 0.1) is 0 Å². The van der Waals surface area contributed by atoms with Crippen LogP contribution in [0.1, 0.15) is 13.8 Å². The van der Waals surface area contributed by atoms with Gasteiger partial charge < -0.3 is 10.4 Å². The van der Waals surface area contributed by atoms with E-state index in [9.17, 15) is 0 Å². The van der Waals surface area contributed by atoms with Crippen LogP contribution < -0.4 is 5.32 Å². The summed E-state index contributed by atoms with van der Waals surface area (Å²) < 4.78 is 0. The van der Waals surface area contributed by atoms with E-state index >= 15 is 0 Å². The molecule has 0 bridgehead atoms. The van der Waals surface area contributed by atoms with Crippen LogP contribution in [0.5, 0.6) is 0 Å². The number of aliphatic hydroxyl groups is 1. The van der Waals surface area contributed by atoms with Crippen LogP contribution in [0.3, 0.4) is 0 Å². The molecule has 0 saturated heterocycles. The highest BCUT2D eigenvalue weighted by molar-refractivity contribution is 7.99. The van der Waals surface area contributed by atoms with E-state index in [1.807, 2.05) is 13.8 Å². The van der Waals surface area contributed by atoms with Gasteiger partial charge in [-0.05, 0) is 12.7 Å². The predicted octanol–water partition coefficient (Wildman–Crippen LogP) is 0.653. The summed E-state index contributed by atoms with van der Waals surface area (Å²) >= 11 is 1.54. The first kappa shape index (κ1) is 12.1. The maximum absolute atomic E-state index is 9.04. The highest BCUT2D eigenvalue weighted by Crippen LogP contribution is 2.21. The summed E-state index contributed by atoms with van der Waals surface area (Å²) in [5, 5.41) is 23.2. The Kier molecular flexibility index (Phi) is 3.75. The molecule has 2 rings (SSSR count). The number of thioether (sulfide) groups is 1. The third kappa shape index (κ3) is 2.64. The molecule has 0 saturated carbocycles. The van der Waals surface area contributed by atoms with Crippen LogP contribution in [0.25, 0.3) is 11.2 Å². The number of aliphatic hydroxyl groups excluding tert-OH is 1. The van der Waals surface area contributed by atoms with Crippen molar-refractivity contribution in [3.8, 4) is 0 Å². The van der Waals surface area contributed by atoms with Crippen molar-refractivity contribution in [1.82, 2.24) is 25.4 Å². The number of anilines is 1. The molecule has 2 aromatic rings. The standard InChI is InChI=1S/C9H14N6OS/c1-3-17-9-11-7(10-5(2)4-16)6-8(12-9)14-15-13-6/h5,16H,3-4H2,1-2H3,(H2,10,11,12,13,14,15)/t5-/m1/s1. The van der Waals surface area contributed by atoms with Gasteiger partial charge in [-0.3, -0.25) is 0 Å². The molecular weight excluding hydrogens is 240 g/mol. The Balaban J connectivity index is 2.39. The molecule has 17 heavy (non-hydrogen) atoms. The summed E-state index contributed by atoms with van der Waals surface area (Å²) in [7, 11) is 0. The van der Waals surface area contributed by atoms with Crippen molar-refractivity contribution < 1.29 is 5.11 Å². The summed E-state index contributed by atoms with van der Waals surface area (Å²) in [6.45, 7) is 3.92. The number of H-pyrrole nitrogens is 1. The highest BCUT2D eigenvalue weighted by Gasteiger charge is 2.12. The van der Waals surface area contributed by atoms with Crippen molar-refractivity contribution in [3.05, 3.63) is 0 Å². The van der Waals surface area contributed by atoms with E-state index in [1.54, 1.807) is 0 Å². The van der Waals surface area contributed by atoms with Crippen molar-refractivity contribution in [2.75, 3.05) is 17.7 Å². The van der Waals surface area contributed by atoms with Crippen LogP contribution in [-0.2, 0) is 0 Å². The Morgan fingerprint density at radius 1 is 1.41 bits per heavy atom. The molecule has 0 aliphatic heterocycles. The van der Waals surface area contributed by atoms with Crippen LogP contribution in [0.15, 0.2) is 5.16 Å². The quantitative estimate of drug-likeness (QED) is 0.532. The molecule has 8 heteroatoms. The SMILES string of the molecule is CCSc1nc(N[C@H](C)CO)c2n[nH]nc2n1. The van der Waals surface area contributed by atoms with Crippen LogP contribution in [0.2, 0.25) is 0 Å². The summed E-state index contributed by atoms with van der Waals surface area (Å²) in [6, 6.07) is -0.0933. The monoisotopic (exact) mass is 254 g/mol. The number of nitrogens with zero attached hydrogens (tertiary/aromatic N) is 4. The van der Waals surface area contributed by atoms with Gasteiger partial charge in [0.15, 0.2) is 16.5 Å². The number of aromatic nitrogens is 5. The third-order valence-corrected chi connectivity index (χ3v) is 2.82. The molecule has 2 heterocycles. The van der Waals surface area contributed by atoms with Crippen molar-refractivity contribution in [2.24, 2.45) is 0 Å². The summed E-state index contributed by atoms with van der Waals surface area (Å²) in [4.78, 5) is 8.62. The molecule has 1 atom stereocenters. The van der Waals surface area contributed by atoms with Crippen molar-refractivity contribution in [1.29, 1.82) is 0 Å². The lowest BCUT2D eigenvalue weighted by Crippen LogP contribution is -2.20. The second kappa shape index (κ2) is 5.28. The van der Waals surface area contributed by atoms with E-state index in [0.29, 0.717) is 22.1 Å². The fraction of sp³-hybridized carbons (Fsp3) is 0.556. The van der Waals surface area contributed by atoms with Crippen LogP contribution >= 0.6 is 11.8 Å². The molecule has 0 radical (unpaired) electrons. The number of hydrogen-bond donors (Lipinski definition) is 3. The Bertz CT molecular complexity index is 501. The molecule has 0 fully saturated rings. The maximum atomic E-state index is 9.04. The second-order valence-corrected chi connectivity index (χ2v) is 4.74. The van der Waals surface area contributed by atoms with E-state index in [1.165, 1.54) is 11.8 Å². The topological polar surface area (TPSA) is 99.6 Å². The average molecular weight is 254 g/mol. The van der Waals surface area contributed by atoms with Gasteiger partial charge in [0.25, 0.3) is 0 Å². The lowest BCUT2D eigenvalue weighted by atomic mass is 10.3. The molecule has 0 amide bonds. The van der Waals surface area contributed by atoms with Crippen molar-refractivity contribution in [3.63, 3.8) is 0 Å². The normalized spacial score (nSPS) is 12.9. The van der Waals surface area contributed by atoms with Gasteiger partial charge in [-0.1, -0.05) is 18.7 Å². The van der Waals surface area contributed by atoms with Gasteiger partial charge in [0.1, 0.15) is 0 Å². The molecule has 92 valence electrons. The first-order valence-electron chi connectivity index (χ1n) is 5.33. The minimum absolute atomic E-state index is 0.0274. The fourth-order valence-corrected chi connectivity index (χ4v) is 1.86. The van der Waals surface area contributed by atoms with Crippen molar-refractivity contribution >= 4 is 28.7 Å². The molecule has 0 spiro atoms. The van der Waals surface area contributed by atoms with Gasteiger partial charge in [-0.25, -0.2) is 4.98 Å². The number of hydrogen-bond acceptors (Lipinski definition) is 7. The summed E-state index contributed by atoms with van der Waals surface area (Å²) in [5.74, 6) is 1.49. The third-order valence-electron chi connectivity index (χ3n) is 2.09. The highest BCUT2D eigenvalue weighted by atomic mass is 32.2. The van der Waals surface area contributed by atoms with Gasteiger partial charge in [0, 0.05) is 6.04 Å². The Labute approximate surface area is 102 Å². The van der Waals surface area contributed by atoms with Gasteiger partial charge in [0.05, 0.1) is 6.61 Å². The number of fused-ring (bicyclic) bond motifs is 1. The van der Waals surface area contributed by atoms with Gasteiger partial charge >= 0.3 is 0 Å². The van der Waals surface area contributed by atoms with E-state index in [4.69, 9.17) is 5.11 Å². The number of nitrogens with one attached hydrogen (secondary N) is 2. The average Bonchev–Trinajstić information content (AvgIpc) is 2.77. The summed E-state index contributed by atoms with van der Waals surface area (Å²) in [6.07, 6.45) is 0. The molecule has 0 aromatic carbocycles. The smallest absolute Gasteiger partial charge is 0.207 e. The molecule has 3 N–H and O–H groups in total. The molecule has 0 unspecified atom stereocenters. The lowest BCUT2D eigenvalue weighted by molar-refractivity contribution is 0.281. The fourth-order valence-electron chi connectivity index (χ4n) is 1.30. The van der Waals surface area contributed by atoms with E-state index < -0.39 is 0 Å². The second-order valence-electron chi connectivity index (χ2n) is 3.51. The van der Waals surface area contributed by atoms with Gasteiger partial charge in [0.2, 0.25) is 5.65 Å². The molecule has 0 aliphatic carbocycles. The predicted molar refractivity (Wildman–Crippen MR) is 66.0 cm³/mol. The van der Waals surface area contributed by atoms with Crippen LogP contribution in [0.4, 0.5) is 5.82 Å². The first-order chi connectivity index (χ1) is 8.24. The number of aromatic amines is 1. The minimum Gasteiger partial charge on any atom is -0.394 e. The van der Waals surface area contributed by atoms with Gasteiger partial charge in [-0.15, -0.1) is 5.10 Å². The zero-order valence-electron chi connectivity index (χ0n) is 9.64. The zero-order valence-corrected chi connectivity index (χ0v) is 10.5. The van der Waals surface area contributed by atoms with Gasteiger partial charge in [-0.2, -0.15) is 15.3 Å². The first-order valence-corrected chi connectivity index (χ1v) is 6.31. The summed E-state index contributed by atoms with van der Waals surface area (Å²) in [5.41, 5.74) is 1.12. The van der Waals surface area contributed by atoms with E-state index in [-0.39, 0.29) is 12.6 Å².